The molecule has 2 unspecified atom stereocenters. The second-order valence-electron chi connectivity index (χ2n) is 5.96. The molecule has 4 heteroatoms. The van der Waals surface area contributed by atoms with E-state index in [1.807, 2.05) is 37.4 Å². The van der Waals surface area contributed by atoms with Gasteiger partial charge in [0.2, 0.25) is 0 Å². The summed E-state index contributed by atoms with van der Waals surface area (Å²) < 4.78 is 5.21. The monoisotopic (exact) mass is 292 g/mol. The Hall–Kier alpha value is -1.39. The average molecular weight is 292 g/mol. The van der Waals surface area contributed by atoms with E-state index in [0.29, 0.717) is 25.1 Å². The van der Waals surface area contributed by atoms with E-state index in [9.17, 15) is 4.79 Å². The van der Waals surface area contributed by atoms with Crippen LogP contribution in [0.2, 0.25) is 0 Å². The third-order valence-corrected chi connectivity index (χ3v) is 4.09. The molecular weight excluding hydrogens is 264 g/mol. The highest BCUT2D eigenvalue weighted by Crippen LogP contribution is 2.23. The summed E-state index contributed by atoms with van der Waals surface area (Å²) in [5.41, 5.74) is 6.11. The Morgan fingerprint density at radius 1 is 1.29 bits per heavy atom. The van der Waals surface area contributed by atoms with Crippen LogP contribution in [-0.4, -0.2) is 37.1 Å². The molecule has 0 radical (unpaired) electrons. The summed E-state index contributed by atoms with van der Waals surface area (Å²) in [6.07, 6.45) is 0. The average Bonchev–Trinajstić information content (AvgIpc) is 2.47. The Kier molecular flexibility index (Phi) is 6.37. The highest BCUT2D eigenvalue weighted by molar-refractivity contribution is 5.82. The number of likely N-dealkylation sites (N-methyl/N-ethyl adjacent to an activating group) is 1. The number of benzene rings is 1. The Morgan fingerprint density at radius 3 is 2.33 bits per heavy atom. The summed E-state index contributed by atoms with van der Waals surface area (Å²) in [5.74, 6) is 0.108. The molecule has 0 saturated carbocycles. The van der Waals surface area contributed by atoms with Crippen LogP contribution >= 0.6 is 0 Å². The minimum atomic E-state index is -1.14. The molecule has 1 aromatic rings. The zero-order valence-corrected chi connectivity index (χ0v) is 13.8. The minimum Gasteiger partial charge on any atom is -0.464 e. The molecular formula is C17H28N2O2. The van der Waals surface area contributed by atoms with Crippen LogP contribution in [0.25, 0.3) is 0 Å². The van der Waals surface area contributed by atoms with Crippen LogP contribution in [0, 0.1) is 5.92 Å². The quantitative estimate of drug-likeness (QED) is 0.784. The number of hydrogen-bond donors (Lipinski definition) is 1. The zero-order valence-electron chi connectivity index (χ0n) is 13.8. The van der Waals surface area contributed by atoms with E-state index in [-0.39, 0.29) is 5.97 Å². The first kappa shape index (κ1) is 17.7. The van der Waals surface area contributed by atoms with Gasteiger partial charge in [-0.15, -0.1) is 0 Å². The molecule has 0 saturated heterocycles. The number of carbonyl (C=O) groups is 1. The van der Waals surface area contributed by atoms with Crippen molar-refractivity contribution in [3.05, 3.63) is 35.9 Å². The smallest absolute Gasteiger partial charge is 0.332 e. The number of esters is 1. The second-order valence-corrected chi connectivity index (χ2v) is 5.96. The van der Waals surface area contributed by atoms with Gasteiger partial charge in [-0.05, 0) is 32.4 Å². The number of ether oxygens (including phenoxy) is 1. The van der Waals surface area contributed by atoms with Crippen molar-refractivity contribution < 1.29 is 9.53 Å². The van der Waals surface area contributed by atoms with E-state index in [2.05, 4.69) is 25.7 Å². The molecule has 0 bridgehead atoms. The largest absolute Gasteiger partial charge is 0.464 e. The normalized spacial score (nSPS) is 15.8. The third kappa shape index (κ3) is 4.29. The van der Waals surface area contributed by atoms with Crippen LogP contribution in [-0.2, 0) is 15.1 Å². The Bertz CT molecular complexity index is 447. The maximum absolute atomic E-state index is 12.4. The van der Waals surface area contributed by atoms with Gasteiger partial charge in [-0.25, -0.2) is 4.79 Å². The molecule has 4 nitrogen and oxygen atoms in total. The molecule has 1 aromatic carbocycles. The Morgan fingerprint density at radius 2 is 1.86 bits per heavy atom. The van der Waals surface area contributed by atoms with Crippen molar-refractivity contribution in [2.45, 2.75) is 39.3 Å². The lowest BCUT2D eigenvalue weighted by atomic mass is 9.89. The first-order valence-electron chi connectivity index (χ1n) is 7.54. The van der Waals surface area contributed by atoms with Gasteiger partial charge in [0, 0.05) is 12.6 Å². The van der Waals surface area contributed by atoms with E-state index in [1.165, 1.54) is 0 Å². The maximum Gasteiger partial charge on any atom is 0.332 e. The van der Waals surface area contributed by atoms with Crippen LogP contribution in [0.4, 0.5) is 0 Å². The van der Waals surface area contributed by atoms with E-state index in [1.54, 1.807) is 6.92 Å². The van der Waals surface area contributed by atoms with E-state index in [0.717, 1.165) is 5.56 Å². The molecule has 0 aliphatic heterocycles. The molecule has 0 amide bonds. The van der Waals surface area contributed by atoms with Crippen molar-refractivity contribution in [1.29, 1.82) is 0 Å². The van der Waals surface area contributed by atoms with Gasteiger partial charge in [-0.2, -0.15) is 0 Å². The van der Waals surface area contributed by atoms with E-state index >= 15 is 0 Å². The lowest BCUT2D eigenvalue weighted by Crippen LogP contribution is -2.55. The van der Waals surface area contributed by atoms with Crippen LogP contribution in [0.15, 0.2) is 30.3 Å². The second kappa shape index (κ2) is 7.57. The van der Waals surface area contributed by atoms with E-state index < -0.39 is 5.54 Å². The highest BCUT2D eigenvalue weighted by Gasteiger charge is 2.39. The van der Waals surface area contributed by atoms with Gasteiger partial charge in [-0.3, -0.25) is 0 Å². The predicted molar refractivity (Wildman–Crippen MR) is 85.9 cm³/mol. The molecule has 2 N–H and O–H groups in total. The van der Waals surface area contributed by atoms with Crippen molar-refractivity contribution in [2.75, 3.05) is 20.2 Å². The molecule has 0 fully saturated rings. The van der Waals surface area contributed by atoms with E-state index in [4.69, 9.17) is 10.5 Å². The summed E-state index contributed by atoms with van der Waals surface area (Å²) in [4.78, 5) is 14.5. The van der Waals surface area contributed by atoms with Crippen molar-refractivity contribution in [1.82, 2.24) is 4.90 Å². The van der Waals surface area contributed by atoms with Crippen molar-refractivity contribution in [3.8, 4) is 0 Å². The lowest BCUT2D eigenvalue weighted by molar-refractivity contribution is -0.151. The fourth-order valence-electron chi connectivity index (χ4n) is 2.32. The summed E-state index contributed by atoms with van der Waals surface area (Å²) in [5, 5.41) is 0. The van der Waals surface area contributed by atoms with Crippen molar-refractivity contribution in [2.24, 2.45) is 11.7 Å². The molecule has 0 spiro atoms. The van der Waals surface area contributed by atoms with Gasteiger partial charge in [0.05, 0.1) is 6.61 Å². The minimum absolute atomic E-state index is 0.325. The summed E-state index contributed by atoms with van der Waals surface area (Å²) in [7, 11) is 1.99. The van der Waals surface area contributed by atoms with Crippen LogP contribution in [0.1, 0.15) is 33.3 Å². The molecule has 118 valence electrons. The summed E-state index contributed by atoms with van der Waals surface area (Å²) in [6.45, 7) is 9.01. The number of nitrogens with zero attached hydrogens (tertiary/aromatic N) is 1. The van der Waals surface area contributed by atoms with Crippen molar-refractivity contribution in [3.63, 3.8) is 0 Å². The molecule has 0 heterocycles. The first-order chi connectivity index (χ1) is 9.82. The summed E-state index contributed by atoms with van der Waals surface area (Å²) >= 11 is 0. The SMILES string of the molecule is CCOC(=O)C(N)(CN(C)C(C)C(C)C)c1ccccc1. The van der Waals surface area contributed by atoms with Crippen LogP contribution < -0.4 is 5.73 Å². The van der Waals surface area contributed by atoms with Crippen molar-refractivity contribution >= 4 is 5.97 Å². The fraction of sp³-hybridized carbons (Fsp3) is 0.588. The lowest BCUT2D eigenvalue weighted by Gasteiger charge is -2.36. The predicted octanol–water partition coefficient (Wildman–Crippen LogP) is 2.38. The highest BCUT2D eigenvalue weighted by atomic mass is 16.5. The third-order valence-electron chi connectivity index (χ3n) is 4.09. The summed E-state index contributed by atoms with van der Waals surface area (Å²) in [6, 6.07) is 9.78. The van der Waals surface area contributed by atoms with Gasteiger partial charge in [0.1, 0.15) is 0 Å². The molecule has 1 rings (SSSR count). The first-order valence-corrected chi connectivity index (χ1v) is 7.54. The van der Waals surface area contributed by atoms with Gasteiger partial charge >= 0.3 is 5.97 Å². The molecule has 0 aliphatic rings. The zero-order chi connectivity index (χ0) is 16.0. The van der Waals surface area contributed by atoms with Crippen LogP contribution in [0.3, 0.4) is 0 Å². The van der Waals surface area contributed by atoms with Crippen LogP contribution in [0.5, 0.6) is 0 Å². The molecule has 2 atom stereocenters. The Balaban J connectivity index is 3.06. The molecule has 0 aromatic heterocycles. The number of nitrogens with two attached hydrogens (primary N) is 1. The number of rotatable bonds is 7. The topological polar surface area (TPSA) is 55.6 Å². The standard InChI is InChI=1S/C17H28N2O2/c1-6-21-16(20)17(18,15-10-8-7-9-11-15)12-19(5)14(4)13(2)3/h7-11,13-14H,6,12,18H2,1-5H3. The molecule has 0 aliphatic carbocycles. The van der Waals surface area contributed by atoms with Gasteiger partial charge in [0.25, 0.3) is 0 Å². The van der Waals surface area contributed by atoms with Gasteiger partial charge < -0.3 is 15.4 Å². The molecule has 21 heavy (non-hydrogen) atoms. The maximum atomic E-state index is 12.4. The van der Waals surface area contributed by atoms with Gasteiger partial charge in [-0.1, -0.05) is 44.2 Å². The van der Waals surface area contributed by atoms with Gasteiger partial charge in [0.15, 0.2) is 5.54 Å². The fourth-order valence-corrected chi connectivity index (χ4v) is 2.32. The number of carbonyl (C=O) groups excluding carboxylic acids is 1. The number of hydrogen-bond acceptors (Lipinski definition) is 4. The Labute approximate surface area is 128 Å².